The lowest BCUT2D eigenvalue weighted by Crippen LogP contribution is -2.24. The van der Waals surface area contributed by atoms with Crippen LogP contribution in [0.1, 0.15) is 42.6 Å². The van der Waals surface area contributed by atoms with E-state index in [9.17, 15) is 4.79 Å². The smallest absolute Gasteiger partial charge is 0.227 e. The number of aromatic amines is 1. The van der Waals surface area contributed by atoms with Crippen molar-refractivity contribution < 1.29 is 4.79 Å². The molecular formula is C17H22N4O. The second-order valence-electron chi connectivity index (χ2n) is 5.87. The summed E-state index contributed by atoms with van der Waals surface area (Å²) in [5, 5.41) is 10.5. The van der Waals surface area contributed by atoms with Gasteiger partial charge in [0.1, 0.15) is 0 Å². The lowest BCUT2D eigenvalue weighted by atomic mass is 10.1. The van der Waals surface area contributed by atoms with E-state index in [1.165, 1.54) is 11.1 Å². The number of anilines is 1. The molecule has 2 N–H and O–H groups in total. The Morgan fingerprint density at radius 2 is 2.32 bits per heavy atom. The van der Waals surface area contributed by atoms with Gasteiger partial charge in [-0.2, -0.15) is 5.10 Å². The summed E-state index contributed by atoms with van der Waals surface area (Å²) in [5.41, 5.74) is 4.47. The third-order valence-electron chi connectivity index (χ3n) is 4.29. The maximum atomic E-state index is 11.9. The quantitative estimate of drug-likeness (QED) is 0.892. The molecular weight excluding hydrogens is 276 g/mol. The lowest BCUT2D eigenvalue weighted by Gasteiger charge is -2.19. The Hall–Kier alpha value is -2.14. The first-order chi connectivity index (χ1) is 10.6. The summed E-state index contributed by atoms with van der Waals surface area (Å²) in [6.07, 6.45) is 3.48. The topological polar surface area (TPSA) is 61.0 Å². The van der Waals surface area contributed by atoms with Gasteiger partial charge in [0.25, 0.3) is 0 Å². The number of carbonyl (C=O) groups is 1. The van der Waals surface area contributed by atoms with Crippen LogP contribution < -0.4 is 10.2 Å². The van der Waals surface area contributed by atoms with Gasteiger partial charge in [-0.05, 0) is 38.0 Å². The SMILES string of the molecule is Cc1[nH]ncc1CN[C@@H](C)c1cccc(N2CCCC2=O)c1. The van der Waals surface area contributed by atoms with E-state index in [4.69, 9.17) is 0 Å². The summed E-state index contributed by atoms with van der Waals surface area (Å²) >= 11 is 0. The van der Waals surface area contributed by atoms with E-state index < -0.39 is 0 Å². The molecule has 2 aromatic rings. The van der Waals surface area contributed by atoms with Gasteiger partial charge in [-0.3, -0.25) is 9.89 Å². The molecule has 3 rings (SSSR count). The predicted molar refractivity (Wildman–Crippen MR) is 86.6 cm³/mol. The molecule has 1 saturated heterocycles. The minimum atomic E-state index is 0.215. The number of amides is 1. The molecule has 0 aliphatic carbocycles. The van der Waals surface area contributed by atoms with Crippen molar-refractivity contribution >= 4 is 11.6 Å². The Bertz CT molecular complexity index is 664. The number of rotatable bonds is 5. The van der Waals surface area contributed by atoms with E-state index >= 15 is 0 Å². The van der Waals surface area contributed by atoms with Crippen LogP contribution in [0.2, 0.25) is 0 Å². The predicted octanol–water partition coefficient (Wildman–Crippen LogP) is 2.70. The van der Waals surface area contributed by atoms with Gasteiger partial charge in [0.2, 0.25) is 5.91 Å². The number of nitrogens with zero attached hydrogens (tertiary/aromatic N) is 2. The molecule has 1 aromatic heterocycles. The first-order valence-corrected chi connectivity index (χ1v) is 7.77. The van der Waals surface area contributed by atoms with Crippen molar-refractivity contribution in [2.45, 2.75) is 39.3 Å². The Labute approximate surface area is 130 Å². The summed E-state index contributed by atoms with van der Waals surface area (Å²) < 4.78 is 0. The van der Waals surface area contributed by atoms with Crippen molar-refractivity contribution in [3.05, 3.63) is 47.3 Å². The van der Waals surface area contributed by atoms with Crippen LogP contribution in [0.4, 0.5) is 5.69 Å². The average Bonchev–Trinajstić information content (AvgIpc) is 3.13. The molecule has 2 heterocycles. The number of aromatic nitrogens is 2. The fourth-order valence-corrected chi connectivity index (χ4v) is 2.82. The molecule has 5 heteroatoms. The van der Waals surface area contributed by atoms with Crippen molar-refractivity contribution in [3.63, 3.8) is 0 Å². The van der Waals surface area contributed by atoms with Gasteiger partial charge >= 0.3 is 0 Å². The minimum absolute atomic E-state index is 0.215. The Kier molecular flexibility index (Phi) is 4.24. The standard InChI is InChI=1S/C17H22N4O/c1-12(18-10-15-11-19-20-13(15)2)14-5-3-6-16(9-14)21-8-4-7-17(21)22/h3,5-6,9,11-12,18H,4,7-8,10H2,1-2H3,(H,19,20)/t12-/m0/s1. The second-order valence-corrected chi connectivity index (χ2v) is 5.87. The normalized spacial score (nSPS) is 16.3. The van der Waals surface area contributed by atoms with Gasteiger partial charge in [0.15, 0.2) is 0 Å². The van der Waals surface area contributed by atoms with Gasteiger partial charge in [0.05, 0.1) is 6.20 Å². The molecule has 0 bridgehead atoms. The van der Waals surface area contributed by atoms with Crippen molar-refractivity contribution in [1.82, 2.24) is 15.5 Å². The minimum Gasteiger partial charge on any atom is -0.312 e. The molecule has 1 fully saturated rings. The number of aryl methyl sites for hydroxylation is 1. The van der Waals surface area contributed by atoms with Gasteiger partial charge in [-0.15, -0.1) is 0 Å². The first-order valence-electron chi connectivity index (χ1n) is 7.77. The first kappa shape index (κ1) is 14.8. The van der Waals surface area contributed by atoms with E-state index in [0.717, 1.165) is 30.9 Å². The number of benzene rings is 1. The number of carbonyl (C=O) groups excluding carboxylic acids is 1. The summed E-state index contributed by atoms with van der Waals surface area (Å²) in [7, 11) is 0. The highest BCUT2D eigenvalue weighted by Crippen LogP contribution is 2.24. The molecule has 0 unspecified atom stereocenters. The van der Waals surface area contributed by atoms with Crippen LogP contribution in [0.3, 0.4) is 0 Å². The molecule has 116 valence electrons. The van der Waals surface area contributed by atoms with E-state index in [1.807, 2.05) is 30.2 Å². The summed E-state index contributed by atoms with van der Waals surface area (Å²) in [6.45, 7) is 5.77. The van der Waals surface area contributed by atoms with Crippen LogP contribution in [0, 0.1) is 6.92 Å². The van der Waals surface area contributed by atoms with Crippen LogP contribution in [-0.2, 0) is 11.3 Å². The maximum absolute atomic E-state index is 11.9. The molecule has 22 heavy (non-hydrogen) atoms. The maximum Gasteiger partial charge on any atom is 0.227 e. The van der Waals surface area contributed by atoms with Crippen molar-refractivity contribution in [1.29, 1.82) is 0 Å². The Morgan fingerprint density at radius 3 is 3.00 bits per heavy atom. The Balaban J connectivity index is 1.68. The molecule has 0 saturated carbocycles. The molecule has 0 radical (unpaired) electrons. The molecule has 1 aliphatic heterocycles. The number of nitrogens with one attached hydrogen (secondary N) is 2. The van der Waals surface area contributed by atoms with Crippen LogP contribution in [-0.4, -0.2) is 22.6 Å². The number of H-pyrrole nitrogens is 1. The summed E-state index contributed by atoms with van der Waals surface area (Å²) in [4.78, 5) is 13.8. The highest BCUT2D eigenvalue weighted by Gasteiger charge is 2.22. The van der Waals surface area contributed by atoms with Gasteiger partial charge in [-0.25, -0.2) is 0 Å². The van der Waals surface area contributed by atoms with Crippen LogP contribution in [0.5, 0.6) is 0 Å². The molecule has 5 nitrogen and oxygen atoms in total. The van der Waals surface area contributed by atoms with Crippen LogP contribution in [0.15, 0.2) is 30.5 Å². The lowest BCUT2D eigenvalue weighted by molar-refractivity contribution is -0.117. The number of hydrogen-bond acceptors (Lipinski definition) is 3. The van der Waals surface area contributed by atoms with E-state index in [0.29, 0.717) is 6.42 Å². The monoisotopic (exact) mass is 298 g/mol. The fourth-order valence-electron chi connectivity index (χ4n) is 2.82. The molecule has 1 amide bonds. The number of hydrogen-bond donors (Lipinski definition) is 2. The molecule has 1 aromatic carbocycles. The fraction of sp³-hybridized carbons (Fsp3) is 0.412. The third-order valence-corrected chi connectivity index (χ3v) is 4.29. The largest absolute Gasteiger partial charge is 0.312 e. The van der Waals surface area contributed by atoms with Gasteiger partial charge in [0, 0.05) is 42.5 Å². The zero-order valence-electron chi connectivity index (χ0n) is 13.1. The van der Waals surface area contributed by atoms with E-state index in [-0.39, 0.29) is 11.9 Å². The third kappa shape index (κ3) is 3.04. The highest BCUT2D eigenvalue weighted by molar-refractivity contribution is 5.95. The molecule has 0 spiro atoms. The zero-order valence-corrected chi connectivity index (χ0v) is 13.1. The zero-order chi connectivity index (χ0) is 15.5. The van der Waals surface area contributed by atoms with Crippen molar-refractivity contribution in [3.8, 4) is 0 Å². The second kappa shape index (κ2) is 6.32. The summed E-state index contributed by atoms with van der Waals surface area (Å²) in [5.74, 6) is 0.229. The summed E-state index contributed by atoms with van der Waals surface area (Å²) in [6, 6.07) is 8.47. The van der Waals surface area contributed by atoms with Crippen LogP contribution >= 0.6 is 0 Å². The average molecular weight is 298 g/mol. The van der Waals surface area contributed by atoms with Gasteiger partial charge in [-0.1, -0.05) is 12.1 Å². The highest BCUT2D eigenvalue weighted by atomic mass is 16.2. The van der Waals surface area contributed by atoms with Gasteiger partial charge < -0.3 is 10.2 Å². The van der Waals surface area contributed by atoms with Crippen LogP contribution in [0.25, 0.3) is 0 Å². The van der Waals surface area contributed by atoms with E-state index in [1.54, 1.807) is 0 Å². The molecule has 1 atom stereocenters. The van der Waals surface area contributed by atoms with Crippen molar-refractivity contribution in [2.24, 2.45) is 0 Å². The van der Waals surface area contributed by atoms with E-state index in [2.05, 4.69) is 34.6 Å². The Morgan fingerprint density at radius 1 is 1.45 bits per heavy atom. The van der Waals surface area contributed by atoms with Crippen molar-refractivity contribution in [2.75, 3.05) is 11.4 Å². The molecule has 1 aliphatic rings.